The summed E-state index contributed by atoms with van der Waals surface area (Å²) in [4.78, 5) is 0.343. The van der Waals surface area contributed by atoms with Crippen molar-refractivity contribution in [3.8, 4) is 0 Å². The molecule has 6 heteroatoms. The van der Waals surface area contributed by atoms with Crippen molar-refractivity contribution in [1.29, 1.82) is 0 Å². The van der Waals surface area contributed by atoms with E-state index >= 15 is 0 Å². The van der Waals surface area contributed by atoms with Gasteiger partial charge in [-0.25, -0.2) is 8.42 Å². The van der Waals surface area contributed by atoms with Gasteiger partial charge in [0.1, 0.15) is 5.72 Å². The van der Waals surface area contributed by atoms with E-state index < -0.39 is 15.7 Å². The van der Waals surface area contributed by atoms with E-state index in [4.69, 9.17) is 4.74 Å². The van der Waals surface area contributed by atoms with Crippen LogP contribution < -0.4 is 5.32 Å². The Bertz CT molecular complexity index is 567. The fourth-order valence-corrected chi connectivity index (χ4v) is 4.92. The van der Waals surface area contributed by atoms with E-state index in [-0.39, 0.29) is 6.10 Å². The summed E-state index contributed by atoms with van der Waals surface area (Å²) in [7, 11) is -3.50. The molecule has 1 atom stereocenters. The van der Waals surface area contributed by atoms with E-state index in [9.17, 15) is 8.42 Å². The van der Waals surface area contributed by atoms with Crippen molar-refractivity contribution in [2.24, 2.45) is 0 Å². The van der Waals surface area contributed by atoms with Gasteiger partial charge in [-0.2, -0.15) is 4.31 Å². The van der Waals surface area contributed by atoms with Crippen LogP contribution >= 0.6 is 0 Å². The van der Waals surface area contributed by atoms with Crippen LogP contribution in [0.5, 0.6) is 0 Å². The Morgan fingerprint density at radius 1 is 1.25 bits per heavy atom. The maximum atomic E-state index is 12.9. The summed E-state index contributed by atoms with van der Waals surface area (Å²) in [6.07, 6.45) is 1.33. The van der Waals surface area contributed by atoms with Crippen LogP contribution in [0.15, 0.2) is 35.2 Å². The van der Waals surface area contributed by atoms with E-state index in [0.717, 1.165) is 13.1 Å². The molecule has 0 radical (unpaired) electrons. The number of hydrogen-bond donors (Lipinski definition) is 1. The summed E-state index contributed by atoms with van der Waals surface area (Å²) in [6.45, 7) is 3.93. The van der Waals surface area contributed by atoms with Crippen molar-refractivity contribution in [3.05, 3.63) is 30.3 Å². The number of sulfonamides is 1. The van der Waals surface area contributed by atoms with Gasteiger partial charge in [0, 0.05) is 19.4 Å². The lowest BCUT2D eigenvalue weighted by atomic mass is 10.0. The molecule has 2 aliphatic rings. The number of benzene rings is 1. The Labute approximate surface area is 120 Å². The fraction of sp³-hybridized carbons (Fsp3) is 0.571. The van der Waals surface area contributed by atoms with Gasteiger partial charge in [0.15, 0.2) is 0 Å². The molecule has 1 aromatic rings. The first kappa shape index (κ1) is 14.0. The van der Waals surface area contributed by atoms with Crippen LogP contribution in [0.2, 0.25) is 0 Å². The van der Waals surface area contributed by atoms with Crippen molar-refractivity contribution >= 4 is 10.0 Å². The maximum absolute atomic E-state index is 12.9. The van der Waals surface area contributed by atoms with E-state index in [1.165, 1.54) is 0 Å². The highest BCUT2D eigenvalue weighted by molar-refractivity contribution is 7.89. The molecule has 0 aliphatic carbocycles. The largest absolute Gasteiger partial charge is 0.355 e. The number of nitrogens with zero attached hydrogens (tertiary/aromatic N) is 1. The molecule has 1 spiro atoms. The molecule has 1 N–H and O–H groups in total. The quantitative estimate of drug-likeness (QED) is 0.890. The Hall–Kier alpha value is -0.950. The average Bonchev–Trinajstić information content (AvgIpc) is 2.77. The van der Waals surface area contributed by atoms with Crippen LogP contribution in [0, 0.1) is 0 Å². The molecular weight excluding hydrogens is 276 g/mol. The van der Waals surface area contributed by atoms with Crippen molar-refractivity contribution in [1.82, 2.24) is 9.62 Å². The number of hydrogen-bond acceptors (Lipinski definition) is 4. The molecule has 2 aliphatic heterocycles. The molecule has 0 amide bonds. The molecule has 0 bridgehead atoms. The third-order valence-electron chi connectivity index (χ3n) is 4.01. The zero-order valence-electron chi connectivity index (χ0n) is 11.6. The summed E-state index contributed by atoms with van der Waals surface area (Å²) in [5, 5.41) is 3.26. The van der Waals surface area contributed by atoms with Crippen LogP contribution in [-0.2, 0) is 14.8 Å². The average molecular weight is 296 g/mol. The smallest absolute Gasteiger partial charge is 0.245 e. The number of nitrogens with one attached hydrogen (secondary N) is 1. The van der Waals surface area contributed by atoms with Crippen LogP contribution in [0.4, 0.5) is 0 Å². The molecule has 1 unspecified atom stereocenters. The molecule has 2 fully saturated rings. The first-order valence-electron chi connectivity index (χ1n) is 7.01. The molecule has 110 valence electrons. The molecule has 2 heterocycles. The SMILES string of the molecule is CC1CN(S(=O)(=O)c2ccccc2)C2(CCNCC2)O1. The molecule has 2 saturated heterocycles. The second kappa shape index (κ2) is 5.11. The summed E-state index contributed by atoms with van der Waals surface area (Å²) in [5.41, 5.74) is -0.667. The Kier molecular flexibility index (Phi) is 3.58. The normalized spacial score (nSPS) is 26.9. The molecule has 0 saturated carbocycles. The Morgan fingerprint density at radius 2 is 1.90 bits per heavy atom. The fourth-order valence-electron chi connectivity index (χ4n) is 3.09. The summed E-state index contributed by atoms with van der Waals surface area (Å²) in [5.74, 6) is 0. The van der Waals surface area contributed by atoms with Crippen LogP contribution in [0.25, 0.3) is 0 Å². The highest BCUT2D eigenvalue weighted by atomic mass is 32.2. The third-order valence-corrected chi connectivity index (χ3v) is 5.94. The lowest BCUT2D eigenvalue weighted by Gasteiger charge is -2.39. The van der Waals surface area contributed by atoms with Gasteiger partial charge in [-0.1, -0.05) is 18.2 Å². The highest BCUT2D eigenvalue weighted by Gasteiger charge is 2.51. The van der Waals surface area contributed by atoms with E-state index in [1.54, 1.807) is 28.6 Å². The van der Waals surface area contributed by atoms with Gasteiger partial charge < -0.3 is 10.1 Å². The first-order chi connectivity index (χ1) is 9.55. The standard InChI is InChI=1S/C14H20N2O3S/c1-12-11-16(14(19-12)7-9-15-10-8-14)20(17,18)13-5-3-2-4-6-13/h2-6,12,15H,7-11H2,1H3. The van der Waals surface area contributed by atoms with Crippen LogP contribution in [-0.4, -0.2) is 44.2 Å². The number of ether oxygens (including phenoxy) is 1. The van der Waals surface area contributed by atoms with Crippen molar-refractivity contribution in [3.63, 3.8) is 0 Å². The summed E-state index contributed by atoms with van der Waals surface area (Å²) >= 11 is 0. The second-order valence-electron chi connectivity index (χ2n) is 5.47. The molecule has 20 heavy (non-hydrogen) atoms. The van der Waals surface area contributed by atoms with E-state index in [1.807, 2.05) is 13.0 Å². The maximum Gasteiger partial charge on any atom is 0.245 e. The van der Waals surface area contributed by atoms with Crippen LogP contribution in [0.1, 0.15) is 19.8 Å². The molecule has 3 rings (SSSR count). The molecule has 1 aromatic carbocycles. The Balaban J connectivity index is 1.99. The van der Waals surface area contributed by atoms with Crippen molar-refractivity contribution in [2.45, 2.75) is 36.5 Å². The predicted molar refractivity (Wildman–Crippen MR) is 75.7 cm³/mol. The predicted octanol–water partition coefficient (Wildman–Crippen LogP) is 1.18. The minimum atomic E-state index is -3.50. The van der Waals surface area contributed by atoms with Gasteiger partial charge in [-0.15, -0.1) is 0 Å². The molecular formula is C14H20N2O3S. The monoisotopic (exact) mass is 296 g/mol. The minimum Gasteiger partial charge on any atom is -0.355 e. The van der Waals surface area contributed by atoms with Gasteiger partial charge >= 0.3 is 0 Å². The van der Waals surface area contributed by atoms with Gasteiger partial charge in [0.2, 0.25) is 10.0 Å². The van der Waals surface area contributed by atoms with Crippen LogP contribution in [0.3, 0.4) is 0 Å². The van der Waals surface area contributed by atoms with Gasteiger partial charge in [-0.05, 0) is 32.1 Å². The zero-order chi connectivity index (χ0) is 14.2. The molecule has 5 nitrogen and oxygen atoms in total. The van der Waals surface area contributed by atoms with Gasteiger partial charge in [-0.3, -0.25) is 0 Å². The number of piperidine rings is 1. The molecule has 0 aromatic heterocycles. The number of rotatable bonds is 2. The minimum absolute atomic E-state index is 0.0633. The van der Waals surface area contributed by atoms with E-state index in [2.05, 4.69) is 5.32 Å². The highest BCUT2D eigenvalue weighted by Crippen LogP contribution is 2.38. The summed E-state index contributed by atoms with van der Waals surface area (Å²) < 4.78 is 33.3. The van der Waals surface area contributed by atoms with Crippen molar-refractivity contribution in [2.75, 3.05) is 19.6 Å². The third kappa shape index (κ3) is 2.26. The Morgan fingerprint density at radius 3 is 2.55 bits per heavy atom. The van der Waals surface area contributed by atoms with Gasteiger partial charge in [0.05, 0.1) is 11.0 Å². The lowest BCUT2D eigenvalue weighted by molar-refractivity contribution is -0.0928. The second-order valence-corrected chi connectivity index (χ2v) is 7.34. The van der Waals surface area contributed by atoms with Crippen molar-refractivity contribution < 1.29 is 13.2 Å². The first-order valence-corrected chi connectivity index (χ1v) is 8.45. The zero-order valence-corrected chi connectivity index (χ0v) is 12.4. The lowest BCUT2D eigenvalue weighted by Crippen LogP contribution is -2.53. The van der Waals surface area contributed by atoms with Gasteiger partial charge in [0.25, 0.3) is 0 Å². The summed E-state index contributed by atoms with van der Waals surface area (Å²) in [6, 6.07) is 8.62. The topological polar surface area (TPSA) is 58.6 Å². The van der Waals surface area contributed by atoms with E-state index in [0.29, 0.717) is 24.3 Å².